The zero-order chi connectivity index (χ0) is 12.3. The molecule has 0 spiro atoms. The molecule has 2 unspecified atom stereocenters. The molecule has 17 heavy (non-hydrogen) atoms. The van der Waals surface area contributed by atoms with E-state index in [1.54, 1.807) is 0 Å². The number of thioether (sulfide) groups is 1. The van der Waals surface area contributed by atoms with Gasteiger partial charge in [-0.1, -0.05) is 0 Å². The molecule has 1 saturated heterocycles. The lowest BCUT2D eigenvalue weighted by Gasteiger charge is -2.26. The first-order valence-corrected chi connectivity index (χ1v) is 7.71. The van der Waals surface area contributed by atoms with Crippen molar-refractivity contribution in [2.75, 3.05) is 44.4 Å². The lowest BCUT2D eigenvalue weighted by atomic mass is 10.1. The van der Waals surface area contributed by atoms with Crippen LogP contribution in [0.1, 0.15) is 19.8 Å². The number of hydrogen-bond donors (Lipinski definition) is 3. The van der Waals surface area contributed by atoms with Crippen LogP contribution in [-0.4, -0.2) is 61.6 Å². The highest BCUT2D eigenvalue weighted by Gasteiger charge is 2.15. The molecule has 0 aromatic carbocycles. The van der Waals surface area contributed by atoms with Crippen molar-refractivity contribution in [1.82, 2.24) is 10.6 Å². The van der Waals surface area contributed by atoms with Crippen molar-refractivity contribution in [3.63, 3.8) is 0 Å². The molecule has 0 saturated carbocycles. The van der Waals surface area contributed by atoms with Crippen molar-refractivity contribution in [2.24, 2.45) is 0 Å². The smallest absolute Gasteiger partial charge is 0.0620 e. The van der Waals surface area contributed by atoms with E-state index in [0.717, 1.165) is 50.7 Å². The van der Waals surface area contributed by atoms with Crippen LogP contribution in [0.4, 0.5) is 0 Å². The highest BCUT2D eigenvalue weighted by atomic mass is 32.2. The van der Waals surface area contributed by atoms with Gasteiger partial charge in [-0.15, -0.1) is 0 Å². The average Bonchev–Trinajstić information content (AvgIpc) is 2.35. The summed E-state index contributed by atoms with van der Waals surface area (Å²) in [6, 6.07) is 1.04. The quantitative estimate of drug-likeness (QED) is 0.527. The molecule has 0 radical (unpaired) electrons. The minimum Gasteiger partial charge on any atom is -0.396 e. The summed E-state index contributed by atoms with van der Waals surface area (Å²) in [6.07, 6.45) is 2.03. The zero-order valence-corrected chi connectivity index (χ0v) is 11.6. The fourth-order valence-electron chi connectivity index (χ4n) is 1.93. The molecule has 0 amide bonds. The highest BCUT2D eigenvalue weighted by Crippen LogP contribution is 2.04. The van der Waals surface area contributed by atoms with Gasteiger partial charge in [-0.25, -0.2) is 0 Å². The molecule has 0 aromatic heterocycles. The van der Waals surface area contributed by atoms with Gasteiger partial charge in [0.2, 0.25) is 0 Å². The van der Waals surface area contributed by atoms with Crippen LogP contribution in [0, 0.1) is 0 Å². The van der Waals surface area contributed by atoms with Crippen LogP contribution >= 0.6 is 11.8 Å². The Morgan fingerprint density at radius 1 is 1.53 bits per heavy atom. The molecule has 1 heterocycles. The van der Waals surface area contributed by atoms with E-state index in [0.29, 0.717) is 18.7 Å². The molecule has 102 valence electrons. The van der Waals surface area contributed by atoms with Gasteiger partial charge in [-0.2, -0.15) is 11.8 Å². The minimum atomic E-state index is 0.310. The van der Waals surface area contributed by atoms with Gasteiger partial charge in [-0.3, -0.25) is 0 Å². The Balaban J connectivity index is 1.91. The Kier molecular flexibility index (Phi) is 9.10. The van der Waals surface area contributed by atoms with Crippen molar-refractivity contribution in [3.05, 3.63) is 0 Å². The summed E-state index contributed by atoms with van der Waals surface area (Å²) in [5.74, 6) is 2.18. The minimum absolute atomic E-state index is 0.310. The maximum Gasteiger partial charge on any atom is 0.0620 e. The standard InChI is InChI=1S/C12H26N2O2S/c1-11(9-12-10-16-6-3-14-12)13-4-8-17-7-2-5-15/h11-15H,2-10H2,1H3. The van der Waals surface area contributed by atoms with Crippen LogP contribution in [-0.2, 0) is 4.74 Å². The fourth-order valence-corrected chi connectivity index (χ4v) is 2.73. The number of aliphatic hydroxyl groups excluding tert-OH is 1. The maximum atomic E-state index is 8.65. The van der Waals surface area contributed by atoms with Crippen molar-refractivity contribution < 1.29 is 9.84 Å². The number of ether oxygens (including phenoxy) is 1. The third kappa shape index (κ3) is 8.00. The summed E-state index contributed by atoms with van der Waals surface area (Å²) in [5, 5.41) is 15.6. The largest absolute Gasteiger partial charge is 0.396 e. The van der Waals surface area contributed by atoms with Gasteiger partial charge >= 0.3 is 0 Å². The molecule has 4 nitrogen and oxygen atoms in total. The summed E-state index contributed by atoms with van der Waals surface area (Å²) >= 11 is 1.90. The predicted octanol–water partition coefficient (Wildman–Crippen LogP) is 0.459. The Morgan fingerprint density at radius 2 is 2.41 bits per heavy atom. The van der Waals surface area contributed by atoms with Crippen molar-refractivity contribution >= 4 is 11.8 Å². The Hall–Kier alpha value is 0.190. The molecule has 1 aliphatic heterocycles. The van der Waals surface area contributed by atoms with E-state index < -0.39 is 0 Å². The predicted molar refractivity (Wildman–Crippen MR) is 73.7 cm³/mol. The number of hydrogen-bond acceptors (Lipinski definition) is 5. The Bertz CT molecular complexity index is 178. The number of aliphatic hydroxyl groups is 1. The monoisotopic (exact) mass is 262 g/mol. The van der Waals surface area contributed by atoms with Gasteiger partial charge in [0.05, 0.1) is 13.2 Å². The van der Waals surface area contributed by atoms with Crippen LogP contribution in [0.5, 0.6) is 0 Å². The van der Waals surface area contributed by atoms with Gasteiger partial charge in [-0.05, 0) is 25.5 Å². The Labute approximate surface area is 109 Å². The van der Waals surface area contributed by atoms with E-state index in [4.69, 9.17) is 9.84 Å². The lowest BCUT2D eigenvalue weighted by Crippen LogP contribution is -2.45. The molecule has 0 bridgehead atoms. The number of morpholine rings is 1. The molecule has 5 heteroatoms. The molecule has 0 aliphatic carbocycles. The fraction of sp³-hybridized carbons (Fsp3) is 1.00. The van der Waals surface area contributed by atoms with E-state index in [9.17, 15) is 0 Å². The molecule has 3 N–H and O–H groups in total. The molecular weight excluding hydrogens is 236 g/mol. The van der Waals surface area contributed by atoms with Gasteiger partial charge in [0, 0.05) is 37.5 Å². The van der Waals surface area contributed by atoms with Crippen LogP contribution < -0.4 is 10.6 Å². The van der Waals surface area contributed by atoms with Crippen molar-refractivity contribution in [1.29, 1.82) is 0 Å². The van der Waals surface area contributed by atoms with E-state index in [2.05, 4.69) is 17.6 Å². The van der Waals surface area contributed by atoms with Gasteiger partial charge in [0.1, 0.15) is 0 Å². The third-order valence-corrected chi connectivity index (χ3v) is 3.89. The second kappa shape index (κ2) is 10.1. The molecule has 1 rings (SSSR count). The molecule has 0 aromatic rings. The highest BCUT2D eigenvalue weighted by molar-refractivity contribution is 7.99. The topological polar surface area (TPSA) is 53.5 Å². The van der Waals surface area contributed by atoms with Crippen LogP contribution in [0.15, 0.2) is 0 Å². The number of rotatable bonds is 9. The van der Waals surface area contributed by atoms with E-state index in [1.807, 2.05) is 11.8 Å². The average molecular weight is 262 g/mol. The summed E-state index contributed by atoms with van der Waals surface area (Å²) in [5.41, 5.74) is 0. The first-order valence-electron chi connectivity index (χ1n) is 6.56. The number of nitrogens with one attached hydrogen (secondary N) is 2. The second-order valence-corrected chi connectivity index (χ2v) is 5.73. The van der Waals surface area contributed by atoms with Crippen molar-refractivity contribution in [3.8, 4) is 0 Å². The Morgan fingerprint density at radius 3 is 3.12 bits per heavy atom. The first kappa shape index (κ1) is 15.2. The third-order valence-electron chi connectivity index (χ3n) is 2.82. The molecule has 2 atom stereocenters. The normalized spacial score (nSPS) is 22.6. The van der Waals surface area contributed by atoms with Crippen LogP contribution in [0.25, 0.3) is 0 Å². The second-order valence-electron chi connectivity index (χ2n) is 4.51. The molecule has 1 fully saturated rings. The van der Waals surface area contributed by atoms with Crippen LogP contribution in [0.2, 0.25) is 0 Å². The summed E-state index contributed by atoms with van der Waals surface area (Å²) in [4.78, 5) is 0. The maximum absolute atomic E-state index is 8.65. The SMILES string of the molecule is CC(CC1COCCN1)NCCSCCCO. The van der Waals surface area contributed by atoms with Crippen molar-refractivity contribution in [2.45, 2.75) is 31.8 Å². The zero-order valence-electron chi connectivity index (χ0n) is 10.8. The van der Waals surface area contributed by atoms with E-state index >= 15 is 0 Å². The van der Waals surface area contributed by atoms with Gasteiger partial charge in [0.25, 0.3) is 0 Å². The van der Waals surface area contributed by atoms with E-state index in [-0.39, 0.29) is 0 Å². The van der Waals surface area contributed by atoms with Gasteiger partial charge in [0.15, 0.2) is 0 Å². The van der Waals surface area contributed by atoms with Gasteiger partial charge < -0.3 is 20.5 Å². The summed E-state index contributed by atoms with van der Waals surface area (Å²) in [6.45, 7) is 6.26. The summed E-state index contributed by atoms with van der Waals surface area (Å²) in [7, 11) is 0. The molecular formula is C12H26N2O2S. The van der Waals surface area contributed by atoms with Crippen LogP contribution in [0.3, 0.4) is 0 Å². The lowest BCUT2D eigenvalue weighted by molar-refractivity contribution is 0.0713. The van der Waals surface area contributed by atoms with E-state index in [1.165, 1.54) is 0 Å². The first-order chi connectivity index (χ1) is 8.33. The molecule has 1 aliphatic rings. The summed E-state index contributed by atoms with van der Waals surface area (Å²) < 4.78 is 5.43.